The SMILES string of the molecule is CCCCCCCCCCCC[B-](c1ccc(C)cc1)(c1ccc(C)cc1)c1ccc(C)cc1.CC[n+]1cccc2ccccc21. The number of unbranched alkanes of at least 4 members (excludes halogenated alkanes) is 9. The second kappa shape index (κ2) is 18.5. The van der Waals surface area contributed by atoms with Gasteiger partial charge in [-0.1, -0.05) is 173 Å². The van der Waals surface area contributed by atoms with Gasteiger partial charge in [0, 0.05) is 17.5 Å². The number of benzene rings is 4. The molecule has 46 heavy (non-hydrogen) atoms. The minimum Gasteiger partial charge on any atom is -0.200 e. The fraction of sp³-hybridized carbons (Fsp3) is 0.386. The number of hydrogen-bond donors (Lipinski definition) is 0. The molecule has 0 radical (unpaired) electrons. The Hall–Kier alpha value is -3.65. The minimum absolute atomic E-state index is 0.993. The molecule has 1 heterocycles. The molecule has 0 fully saturated rings. The highest BCUT2D eigenvalue weighted by atomic mass is 14.9. The standard InChI is InChI=1S/C33H46B.C11H12N/c1-5-6-7-8-9-10-11-12-13-14-27-34(31-21-15-28(2)16-22-31,32-23-17-29(3)18-24-32)33-25-19-30(4)20-26-33;1-2-12-9-5-7-10-6-3-4-8-11(10)12/h15-26H,5-14,27H2,1-4H3;3-9H,2H2,1H3/q-1;+1. The smallest absolute Gasteiger partial charge is 0.200 e. The van der Waals surface area contributed by atoms with Crippen molar-refractivity contribution in [2.24, 2.45) is 0 Å². The van der Waals surface area contributed by atoms with E-state index < -0.39 is 6.15 Å². The Kier molecular flexibility index (Phi) is 14.2. The fourth-order valence-corrected chi connectivity index (χ4v) is 7.20. The highest BCUT2D eigenvalue weighted by molar-refractivity contribution is 7.11. The van der Waals surface area contributed by atoms with Gasteiger partial charge in [-0.2, -0.15) is 27.3 Å². The quantitative estimate of drug-likeness (QED) is 0.0630. The summed E-state index contributed by atoms with van der Waals surface area (Å²) in [6.45, 7) is 12.1. The monoisotopic (exact) mass is 611 g/mol. The third-order valence-electron chi connectivity index (χ3n) is 10.1. The van der Waals surface area contributed by atoms with Crippen LogP contribution in [0.1, 0.15) is 94.7 Å². The van der Waals surface area contributed by atoms with E-state index in [9.17, 15) is 0 Å². The highest BCUT2D eigenvalue weighted by Crippen LogP contribution is 2.20. The number of aryl methyl sites for hydroxylation is 4. The molecule has 0 atom stereocenters. The van der Waals surface area contributed by atoms with E-state index in [2.05, 4.69) is 155 Å². The Morgan fingerprint density at radius 1 is 0.457 bits per heavy atom. The molecule has 0 saturated carbocycles. The molecule has 0 aliphatic carbocycles. The van der Waals surface area contributed by atoms with Crippen LogP contribution in [-0.2, 0) is 6.54 Å². The Balaban J connectivity index is 0.000000331. The van der Waals surface area contributed by atoms with Crippen molar-refractivity contribution in [1.82, 2.24) is 0 Å². The third kappa shape index (κ3) is 9.68. The first-order chi connectivity index (χ1) is 22.5. The number of pyridine rings is 1. The first-order valence-corrected chi connectivity index (χ1v) is 18.2. The largest absolute Gasteiger partial charge is 0.212 e. The highest BCUT2D eigenvalue weighted by Gasteiger charge is 2.29. The summed E-state index contributed by atoms with van der Waals surface area (Å²) in [6.07, 6.45) is 16.1. The summed E-state index contributed by atoms with van der Waals surface area (Å²) < 4.78 is 2.25. The molecular formula is C44H58BN. The van der Waals surface area contributed by atoms with Crippen LogP contribution in [0, 0.1) is 20.8 Å². The molecule has 1 aromatic heterocycles. The fourth-order valence-electron chi connectivity index (χ4n) is 7.20. The normalized spacial score (nSPS) is 11.3. The lowest BCUT2D eigenvalue weighted by Gasteiger charge is -2.43. The van der Waals surface area contributed by atoms with E-state index in [0.717, 1.165) is 6.54 Å². The summed E-state index contributed by atoms with van der Waals surface area (Å²) in [5, 5.41) is 1.31. The van der Waals surface area contributed by atoms with Gasteiger partial charge in [-0.25, -0.2) is 0 Å². The molecule has 1 nitrogen and oxygen atoms in total. The van der Waals surface area contributed by atoms with Gasteiger partial charge in [0.2, 0.25) is 5.52 Å². The lowest BCUT2D eigenvalue weighted by Crippen LogP contribution is -2.67. The van der Waals surface area contributed by atoms with Crippen LogP contribution in [0.4, 0.5) is 0 Å². The number of aromatic nitrogens is 1. The summed E-state index contributed by atoms with van der Waals surface area (Å²) >= 11 is 0. The van der Waals surface area contributed by atoms with E-state index in [1.54, 1.807) is 0 Å². The molecule has 5 rings (SSSR count). The van der Waals surface area contributed by atoms with Crippen molar-refractivity contribution < 1.29 is 4.57 Å². The van der Waals surface area contributed by atoms with Crippen LogP contribution in [0.15, 0.2) is 115 Å². The summed E-state index contributed by atoms with van der Waals surface area (Å²) in [5.41, 5.74) is 9.75. The topological polar surface area (TPSA) is 3.88 Å². The number of nitrogens with zero attached hydrogens (tertiary/aromatic N) is 1. The molecule has 0 amide bonds. The first kappa shape index (κ1) is 35.2. The molecule has 0 N–H and O–H groups in total. The van der Waals surface area contributed by atoms with Crippen LogP contribution in [-0.4, -0.2) is 6.15 Å². The number of fused-ring (bicyclic) bond motifs is 1. The van der Waals surface area contributed by atoms with Crippen LogP contribution in [0.3, 0.4) is 0 Å². The second-order valence-corrected chi connectivity index (χ2v) is 13.6. The molecule has 0 aliphatic rings. The average molecular weight is 612 g/mol. The molecule has 2 heteroatoms. The van der Waals surface area contributed by atoms with E-state index in [1.807, 2.05) is 0 Å². The maximum atomic E-state index is 2.39. The van der Waals surface area contributed by atoms with Gasteiger partial charge in [-0.05, 0) is 39.8 Å². The van der Waals surface area contributed by atoms with Crippen molar-refractivity contribution in [3.8, 4) is 0 Å². The van der Waals surface area contributed by atoms with E-state index in [-0.39, 0.29) is 0 Å². The van der Waals surface area contributed by atoms with Crippen LogP contribution in [0.2, 0.25) is 6.32 Å². The predicted molar refractivity (Wildman–Crippen MR) is 205 cm³/mol. The Morgan fingerprint density at radius 3 is 1.33 bits per heavy atom. The molecule has 0 aliphatic heterocycles. The summed E-state index contributed by atoms with van der Waals surface area (Å²) in [7, 11) is 0. The number of para-hydroxylation sites is 1. The lowest BCUT2D eigenvalue weighted by molar-refractivity contribution is -0.667. The average Bonchev–Trinajstić information content (AvgIpc) is 3.09. The summed E-state index contributed by atoms with van der Waals surface area (Å²) in [4.78, 5) is 0. The molecule has 4 aromatic carbocycles. The van der Waals surface area contributed by atoms with Crippen molar-refractivity contribution >= 4 is 33.4 Å². The summed E-state index contributed by atoms with van der Waals surface area (Å²) in [5.74, 6) is 0. The van der Waals surface area contributed by atoms with Gasteiger partial charge in [0.25, 0.3) is 0 Å². The van der Waals surface area contributed by atoms with E-state index in [1.165, 1.54) is 115 Å². The predicted octanol–water partition coefficient (Wildman–Crippen LogP) is 10.2. The number of hydrogen-bond acceptors (Lipinski definition) is 0. The Bertz CT molecular complexity index is 1450. The molecule has 5 aromatic rings. The summed E-state index contributed by atoms with van der Waals surface area (Å²) in [6, 6.07) is 40.8. The van der Waals surface area contributed by atoms with Gasteiger partial charge >= 0.3 is 0 Å². The molecule has 0 bridgehead atoms. The van der Waals surface area contributed by atoms with E-state index in [0.29, 0.717) is 0 Å². The molecule has 0 unspecified atom stereocenters. The van der Waals surface area contributed by atoms with Crippen LogP contribution in [0.5, 0.6) is 0 Å². The van der Waals surface area contributed by atoms with Gasteiger partial charge in [0.05, 0.1) is 6.15 Å². The molecule has 242 valence electrons. The zero-order valence-electron chi connectivity index (χ0n) is 29.5. The van der Waals surface area contributed by atoms with Crippen LogP contribution >= 0.6 is 0 Å². The Labute approximate surface area is 281 Å². The van der Waals surface area contributed by atoms with Gasteiger partial charge in [0.15, 0.2) is 6.20 Å². The van der Waals surface area contributed by atoms with Crippen LogP contribution < -0.4 is 21.0 Å². The maximum absolute atomic E-state index is 2.39. The van der Waals surface area contributed by atoms with Crippen molar-refractivity contribution in [1.29, 1.82) is 0 Å². The second-order valence-electron chi connectivity index (χ2n) is 13.6. The maximum Gasteiger partial charge on any atom is 0.212 e. The van der Waals surface area contributed by atoms with E-state index in [4.69, 9.17) is 0 Å². The van der Waals surface area contributed by atoms with Crippen molar-refractivity contribution in [2.75, 3.05) is 0 Å². The van der Waals surface area contributed by atoms with Gasteiger partial charge in [-0.15, -0.1) is 0 Å². The van der Waals surface area contributed by atoms with Crippen molar-refractivity contribution in [3.05, 3.63) is 132 Å². The zero-order chi connectivity index (χ0) is 32.6. The molecule has 0 saturated heterocycles. The third-order valence-corrected chi connectivity index (χ3v) is 10.1. The van der Waals surface area contributed by atoms with Crippen molar-refractivity contribution in [2.45, 2.75) is 112 Å². The Morgan fingerprint density at radius 2 is 0.870 bits per heavy atom. The molecular weight excluding hydrogens is 553 g/mol. The van der Waals surface area contributed by atoms with Gasteiger partial charge in [0.1, 0.15) is 6.54 Å². The number of rotatable bonds is 15. The minimum atomic E-state index is -0.993. The van der Waals surface area contributed by atoms with Crippen LogP contribution in [0.25, 0.3) is 10.9 Å². The molecule has 0 spiro atoms. The van der Waals surface area contributed by atoms with Gasteiger partial charge in [-0.3, -0.25) is 0 Å². The van der Waals surface area contributed by atoms with Gasteiger partial charge < -0.3 is 0 Å². The first-order valence-electron chi connectivity index (χ1n) is 18.2. The van der Waals surface area contributed by atoms with E-state index >= 15 is 0 Å². The zero-order valence-corrected chi connectivity index (χ0v) is 29.5. The lowest BCUT2D eigenvalue weighted by atomic mass is 9.14. The van der Waals surface area contributed by atoms with Crippen molar-refractivity contribution in [3.63, 3.8) is 0 Å².